The predicted octanol–water partition coefficient (Wildman–Crippen LogP) is -0.405. The monoisotopic (exact) mass is 250 g/mol. The number of nitrogens with zero attached hydrogens (tertiary/aromatic N) is 2. The van der Waals surface area contributed by atoms with E-state index in [9.17, 15) is 14.4 Å². The molecule has 0 spiro atoms. The molecule has 1 aromatic rings. The van der Waals surface area contributed by atoms with Gasteiger partial charge in [0.2, 0.25) is 5.91 Å². The number of amides is 3. The van der Waals surface area contributed by atoms with E-state index in [2.05, 4.69) is 15.5 Å². The molecule has 0 unspecified atom stereocenters. The van der Waals surface area contributed by atoms with Crippen LogP contribution in [-0.2, 0) is 9.59 Å². The zero-order valence-electron chi connectivity index (χ0n) is 10.4. The quantitative estimate of drug-likeness (QED) is 0.663. The van der Waals surface area contributed by atoms with Gasteiger partial charge in [-0.1, -0.05) is 0 Å². The second-order valence-corrected chi connectivity index (χ2v) is 4.74. The zero-order chi connectivity index (χ0) is 13.5. The third kappa shape index (κ3) is 1.77. The highest BCUT2D eigenvalue weighted by Crippen LogP contribution is 2.21. The summed E-state index contributed by atoms with van der Waals surface area (Å²) < 4.78 is 0. The van der Waals surface area contributed by atoms with Gasteiger partial charge in [0.25, 0.3) is 11.8 Å². The van der Waals surface area contributed by atoms with Crippen molar-refractivity contribution < 1.29 is 14.4 Å². The third-order valence-electron chi connectivity index (χ3n) is 3.09. The highest BCUT2D eigenvalue weighted by molar-refractivity contribution is 6.09. The summed E-state index contributed by atoms with van der Waals surface area (Å²) in [4.78, 5) is 36.7. The molecule has 2 heterocycles. The normalized spacial score (nSPS) is 18.7. The summed E-state index contributed by atoms with van der Waals surface area (Å²) in [5.41, 5.74) is -0.0888. The molecule has 0 radical (unpaired) electrons. The van der Waals surface area contributed by atoms with Crippen LogP contribution in [0.2, 0.25) is 0 Å². The van der Waals surface area contributed by atoms with Gasteiger partial charge in [0.05, 0.1) is 11.8 Å². The van der Waals surface area contributed by atoms with E-state index < -0.39 is 17.4 Å². The van der Waals surface area contributed by atoms with E-state index in [1.807, 2.05) is 0 Å². The maximum absolute atomic E-state index is 12.3. The number of hydrogen-bond acceptors (Lipinski definition) is 4. The van der Waals surface area contributed by atoms with E-state index in [-0.39, 0.29) is 12.5 Å². The molecule has 0 aliphatic carbocycles. The summed E-state index contributed by atoms with van der Waals surface area (Å²) in [6.45, 7) is 4.77. The molecule has 7 nitrogen and oxygen atoms in total. The average Bonchev–Trinajstić information content (AvgIpc) is 2.69. The summed E-state index contributed by atoms with van der Waals surface area (Å²) in [5.74, 6) is -1.34. The van der Waals surface area contributed by atoms with E-state index in [1.54, 1.807) is 20.8 Å². The number of carbonyl (C=O) groups is 3. The van der Waals surface area contributed by atoms with Crippen molar-refractivity contribution in [3.8, 4) is 0 Å². The Morgan fingerprint density at radius 3 is 2.67 bits per heavy atom. The minimum Gasteiger partial charge on any atom is -0.315 e. The zero-order valence-corrected chi connectivity index (χ0v) is 10.4. The lowest BCUT2D eigenvalue weighted by atomic mass is 9.97. The lowest BCUT2D eigenvalue weighted by Gasteiger charge is -2.39. The van der Waals surface area contributed by atoms with Gasteiger partial charge in [-0.2, -0.15) is 5.10 Å². The summed E-state index contributed by atoms with van der Waals surface area (Å²) >= 11 is 0. The number of hydrogen-bond donors (Lipinski definition) is 2. The molecule has 96 valence electrons. The Kier molecular flexibility index (Phi) is 2.68. The Hall–Kier alpha value is -2.18. The number of rotatable bonds is 1. The first-order valence-electron chi connectivity index (χ1n) is 5.50. The number of carbonyl (C=O) groups excluding carboxylic acids is 3. The smallest absolute Gasteiger partial charge is 0.258 e. The minimum absolute atomic E-state index is 0.137. The lowest BCUT2D eigenvalue weighted by Crippen LogP contribution is -2.65. The Morgan fingerprint density at radius 2 is 2.11 bits per heavy atom. The van der Waals surface area contributed by atoms with Crippen molar-refractivity contribution in [2.75, 3.05) is 6.54 Å². The van der Waals surface area contributed by atoms with Crippen LogP contribution in [0.1, 0.15) is 29.9 Å². The molecule has 0 bridgehead atoms. The molecule has 1 saturated heterocycles. The first kappa shape index (κ1) is 12.3. The summed E-state index contributed by atoms with van der Waals surface area (Å²) in [6, 6.07) is 0. The van der Waals surface area contributed by atoms with Gasteiger partial charge in [0, 0.05) is 5.69 Å². The summed E-state index contributed by atoms with van der Waals surface area (Å²) in [6.07, 6.45) is 1.39. The van der Waals surface area contributed by atoms with Crippen LogP contribution in [0.3, 0.4) is 0 Å². The van der Waals surface area contributed by atoms with Crippen molar-refractivity contribution in [3.63, 3.8) is 0 Å². The fraction of sp³-hybridized carbons (Fsp3) is 0.455. The molecule has 0 aromatic carbocycles. The standard InChI is InChI=1S/C11H14N4O3/c1-6-7(4-12-14-6)9(17)15-5-8(16)13-10(18)11(15,2)3/h4H,5H2,1-3H3,(H,12,14)(H,13,16,18). The van der Waals surface area contributed by atoms with E-state index in [0.717, 1.165) is 0 Å². The molecular formula is C11H14N4O3. The van der Waals surface area contributed by atoms with Crippen molar-refractivity contribution in [1.82, 2.24) is 20.4 Å². The van der Waals surface area contributed by atoms with Gasteiger partial charge in [-0.25, -0.2) is 0 Å². The van der Waals surface area contributed by atoms with Crippen molar-refractivity contribution in [2.45, 2.75) is 26.3 Å². The van der Waals surface area contributed by atoms with Gasteiger partial charge in [0.15, 0.2) is 0 Å². The molecule has 2 N–H and O–H groups in total. The Labute approximate surface area is 104 Å². The van der Waals surface area contributed by atoms with Crippen molar-refractivity contribution >= 4 is 17.7 Å². The molecule has 3 amide bonds. The first-order chi connectivity index (χ1) is 8.34. The number of imide groups is 1. The SMILES string of the molecule is Cc1[nH]ncc1C(=O)N1CC(=O)NC(=O)C1(C)C. The van der Waals surface area contributed by atoms with Gasteiger partial charge >= 0.3 is 0 Å². The lowest BCUT2D eigenvalue weighted by molar-refractivity contribution is -0.143. The van der Waals surface area contributed by atoms with Gasteiger partial charge in [0.1, 0.15) is 12.1 Å². The van der Waals surface area contributed by atoms with Crippen LogP contribution >= 0.6 is 0 Å². The van der Waals surface area contributed by atoms with E-state index in [1.165, 1.54) is 11.1 Å². The van der Waals surface area contributed by atoms with E-state index in [4.69, 9.17) is 0 Å². The molecule has 1 aromatic heterocycles. The second kappa shape index (κ2) is 3.94. The number of nitrogens with one attached hydrogen (secondary N) is 2. The summed E-state index contributed by atoms with van der Waals surface area (Å²) in [7, 11) is 0. The number of aromatic amines is 1. The predicted molar refractivity (Wildman–Crippen MR) is 61.6 cm³/mol. The topological polar surface area (TPSA) is 95.2 Å². The fourth-order valence-electron chi connectivity index (χ4n) is 1.82. The molecule has 1 fully saturated rings. The molecule has 0 atom stereocenters. The van der Waals surface area contributed by atoms with E-state index >= 15 is 0 Å². The Balaban J connectivity index is 2.37. The van der Waals surface area contributed by atoms with Gasteiger partial charge in [-0.15, -0.1) is 0 Å². The fourth-order valence-corrected chi connectivity index (χ4v) is 1.82. The van der Waals surface area contributed by atoms with Crippen LogP contribution in [0, 0.1) is 6.92 Å². The van der Waals surface area contributed by atoms with Crippen LogP contribution in [0.5, 0.6) is 0 Å². The van der Waals surface area contributed by atoms with Gasteiger partial charge < -0.3 is 4.90 Å². The van der Waals surface area contributed by atoms with Crippen LogP contribution < -0.4 is 5.32 Å². The molecule has 0 saturated carbocycles. The van der Waals surface area contributed by atoms with Crippen molar-refractivity contribution in [3.05, 3.63) is 17.5 Å². The van der Waals surface area contributed by atoms with Gasteiger partial charge in [-0.05, 0) is 20.8 Å². The van der Waals surface area contributed by atoms with Crippen LogP contribution in [0.4, 0.5) is 0 Å². The van der Waals surface area contributed by atoms with Crippen LogP contribution in [-0.4, -0.2) is 44.9 Å². The maximum Gasteiger partial charge on any atom is 0.258 e. The summed E-state index contributed by atoms with van der Waals surface area (Å²) in [5, 5.41) is 8.64. The Bertz CT molecular complexity index is 532. The minimum atomic E-state index is -1.06. The van der Waals surface area contributed by atoms with Crippen molar-refractivity contribution in [1.29, 1.82) is 0 Å². The molecule has 1 aliphatic rings. The molecule has 1 aliphatic heterocycles. The van der Waals surface area contributed by atoms with Gasteiger partial charge in [-0.3, -0.25) is 24.8 Å². The highest BCUT2D eigenvalue weighted by atomic mass is 16.2. The van der Waals surface area contributed by atoms with E-state index in [0.29, 0.717) is 11.3 Å². The third-order valence-corrected chi connectivity index (χ3v) is 3.09. The Morgan fingerprint density at radius 1 is 1.44 bits per heavy atom. The highest BCUT2D eigenvalue weighted by Gasteiger charge is 2.44. The van der Waals surface area contributed by atoms with Crippen molar-refractivity contribution in [2.24, 2.45) is 0 Å². The first-order valence-corrected chi connectivity index (χ1v) is 5.50. The molecular weight excluding hydrogens is 236 g/mol. The van der Waals surface area contributed by atoms with Crippen LogP contribution in [0.15, 0.2) is 6.20 Å². The largest absolute Gasteiger partial charge is 0.315 e. The molecule has 2 rings (SSSR count). The molecule has 7 heteroatoms. The maximum atomic E-state index is 12.3. The van der Waals surface area contributed by atoms with Crippen LogP contribution in [0.25, 0.3) is 0 Å². The average molecular weight is 250 g/mol. The number of H-pyrrole nitrogens is 1. The number of piperazine rings is 1. The molecule has 18 heavy (non-hydrogen) atoms. The number of aromatic nitrogens is 2. The number of aryl methyl sites for hydroxylation is 1. The second-order valence-electron chi connectivity index (χ2n) is 4.74.